The van der Waals surface area contributed by atoms with Crippen LogP contribution >= 0.6 is 11.6 Å². The van der Waals surface area contributed by atoms with Crippen molar-refractivity contribution in [3.63, 3.8) is 0 Å². The van der Waals surface area contributed by atoms with Crippen LogP contribution in [0.1, 0.15) is 33.1 Å². The summed E-state index contributed by atoms with van der Waals surface area (Å²) in [5, 5.41) is 3.29. The SMILES string of the molecule is CC(Nc1cc(Cl)nc(N)n1)C(=O)N1CCCCC1C. The largest absolute Gasteiger partial charge is 0.368 e. The number of hydrogen-bond donors (Lipinski definition) is 2. The fourth-order valence-corrected chi connectivity index (χ4v) is 2.66. The van der Waals surface area contributed by atoms with E-state index in [1.54, 1.807) is 6.07 Å². The zero-order valence-corrected chi connectivity index (χ0v) is 12.5. The first kappa shape index (κ1) is 14.8. The van der Waals surface area contributed by atoms with Gasteiger partial charge in [-0.2, -0.15) is 4.98 Å². The standard InChI is InChI=1S/C13H20ClN5O/c1-8-5-3-4-6-19(8)12(20)9(2)16-11-7-10(14)17-13(15)18-11/h7-9H,3-6H2,1-2H3,(H3,15,16,17,18). The summed E-state index contributed by atoms with van der Waals surface area (Å²) >= 11 is 5.82. The van der Waals surface area contributed by atoms with Crippen molar-refractivity contribution < 1.29 is 4.79 Å². The summed E-state index contributed by atoms with van der Waals surface area (Å²) in [5.41, 5.74) is 5.53. The van der Waals surface area contributed by atoms with Crippen molar-refractivity contribution in [2.24, 2.45) is 0 Å². The summed E-state index contributed by atoms with van der Waals surface area (Å²) < 4.78 is 0. The lowest BCUT2D eigenvalue weighted by molar-refractivity contribution is -0.134. The Hall–Kier alpha value is -1.56. The van der Waals surface area contributed by atoms with E-state index in [1.165, 1.54) is 6.42 Å². The number of carbonyl (C=O) groups is 1. The van der Waals surface area contributed by atoms with Gasteiger partial charge in [0.1, 0.15) is 17.0 Å². The summed E-state index contributed by atoms with van der Waals surface area (Å²) in [6.45, 7) is 4.72. The molecule has 0 radical (unpaired) electrons. The van der Waals surface area contributed by atoms with Crippen LogP contribution in [0.4, 0.5) is 11.8 Å². The van der Waals surface area contributed by atoms with Gasteiger partial charge >= 0.3 is 0 Å². The molecule has 6 nitrogen and oxygen atoms in total. The molecule has 1 aromatic heterocycles. The summed E-state index contributed by atoms with van der Waals surface area (Å²) in [7, 11) is 0. The highest BCUT2D eigenvalue weighted by Gasteiger charge is 2.27. The minimum atomic E-state index is -0.374. The number of aromatic nitrogens is 2. The Bertz CT molecular complexity index is 475. The molecule has 0 bridgehead atoms. The molecule has 0 saturated carbocycles. The molecule has 1 aliphatic rings. The van der Waals surface area contributed by atoms with Crippen LogP contribution in [0.25, 0.3) is 0 Å². The quantitative estimate of drug-likeness (QED) is 0.833. The number of likely N-dealkylation sites (tertiary alicyclic amines) is 1. The van der Waals surface area contributed by atoms with Crippen LogP contribution < -0.4 is 11.1 Å². The molecule has 0 spiro atoms. The van der Waals surface area contributed by atoms with Crippen molar-refractivity contribution in [3.8, 4) is 0 Å². The summed E-state index contributed by atoms with van der Waals surface area (Å²) in [4.78, 5) is 22.2. The molecule has 0 aromatic carbocycles. The Morgan fingerprint density at radius 3 is 2.95 bits per heavy atom. The van der Waals surface area contributed by atoms with Crippen LogP contribution in [0, 0.1) is 0 Å². The Morgan fingerprint density at radius 2 is 2.30 bits per heavy atom. The topological polar surface area (TPSA) is 84.1 Å². The molecule has 1 fully saturated rings. The number of halogens is 1. The fraction of sp³-hybridized carbons (Fsp3) is 0.615. The predicted octanol–water partition coefficient (Wildman–Crippen LogP) is 1.91. The number of anilines is 2. The van der Waals surface area contributed by atoms with E-state index in [4.69, 9.17) is 17.3 Å². The normalized spacial score (nSPS) is 20.6. The molecule has 110 valence electrons. The zero-order valence-electron chi connectivity index (χ0n) is 11.8. The monoisotopic (exact) mass is 297 g/mol. The number of nitrogens with two attached hydrogens (primary N) is 1. The molecule has 0 aliphatic carbocycles. The molecule has 20 heavy (non-hydrogen) atoms. The molecule has 2 unspecified atom stereocenters. The smallest absolute Gasteiger partial charge is 0.245 e. The van der Waals surface area contributed by atoms with E-state index in [-0.39, 0.29) is 23.1 Å². The lowest BCUT2D eigenvalue weighted by Crippen LogP contribution is -2.48. The minimum Gasteiger partial charge on any atom is -0.368 e. The van der Waals surface area contributed by atoms with Crippen LogP contribution in [0.2, 0.25) is 5.15 Å². The van der Waals surface area contributed by atoms with Gasteiger partial charge in [-0.25, -0.2) is 4.98 Å². The Labute approximate surface area is 123 Å². The maximum Gasteiger partial charge on any atom is 0.245 e. The third-order valence-electron chi connectivity index (χ3n) is 3.53. The van der Waals surface area contributed by atoms with E-state index in [1.807, 2.05) is 11.8 Å². The molecule has 1 saturated heterocycles. The fourth-order valence-electron chi connectivity index (χ4n) is 2.47. The Morgan fingerprint density at radius 1 is 1.55 bits per heavy atom. The lowest BCUT2D eigenvalue weighted by atomic mass is 10.0. The zero-order chi connectivity index (χ0) is 14.7. The summed E-state index contributed by atoms with van der Waals surface area (Å²) in [5.74, 6) is 0.629. The van der Waals surface area contributed by atoms with E-state index in [2.05, 4.69) is 22.2 Å². The number of carbonyl (C=O) groups excluding carboxylic acids is 1. The number of amides is 1. The van der Waals surface area contributed by atoms with Gasteiger partial charge in [-0.15, -0.1) is 0 Å². The highest BCUT2D eigenvalue weighted by molar-refractivity contribution is 6.29. The molecule has 1 amide bonds. The maximum atomic E-state index is 12.4. The van der Waals surface area contributed by atoms with Crippen LogP contribution in [0.15, 0.2) is 6.07 Å². The van der Waals surface area contributed by atoms with E-state index in [0.29, 0.717) is 11.9 Å². The first-order chi connectivity index (χ1) is 9.47. The number of nitrogens with zero attached hydrogens (tertiary/aromatic N) is 3. The van der Waals surface area contributed by atoms with E-state index in [0.717, 1.165) is 19.4 Å². The van der Waals surface area contributed by atoms with E-state index < -0.39 is 0 Å². The van der Waals surface area contributed by atoms with Gasteiger partial charge in [0.05, 0.1) is 0 Å². The third-order valence-corrected chi connectivity index (χ3v) is 3.73. The van der Waals surface area contributed by atoms with Crippen molar-refractivity contribution in [2.75, 3.05) is 17.6 Å². The van der Waals surface area contributed by atoms with Crippen LogP contribution in [-0.2, 0) is 4.79 Å². The summed E-state index contributed by atoms with van der Waals surface area (Å²) in [6.07, 6.45) is 3.31. The molecular formula is C13H20ClN5O. The highest BCUT2D eigenvalue weighted by Crippen LogP contribution is 2.19. The maximum absolute atomic E-state index is 12.4. The van der Waals surface area contributed by atoms with Gasteiger partial charge in [0.2, 0.25) is 11.9 Å². The summed E-state index contributed by atoms with van der Waals surface area (Å²) in [6, 6.07) is 1.47. The Balaban J connectivity index is 2.03. The first-order valence-electron chi connectivity index (χ1n) is 6.84. The van der Waals surface area contributed by atoms with Gasteiger partial charge in [-0.3, -0.25) is 4.79 Å². The van der Waals surface area contributed by atoms with Crippen LogP contribution in [0.5, 0.6) is 0 Å². The third kappa shape index (κ3) is 3.50. The molecule has 1 aromatic rings. The molecule has 2 heterocycles. The van der Waals surface area contributed by atoms with Gasteiger partial charge in [0.15, 0.2) is 0 Å². The average Bonchev–Trinajstić information content (AvgIpc) is 2.37. The second-order valence-electron chi connectivity index (χ2n) is 5.18. The van der Waals surface area contributed by atoms with Crippen molar-refractivity contribution in [1.82, 2.24) is 14.9 Å². The molecule has 7 heteroatoms. The van der Waals surface area contributed by atoms with Crippen LogP contribution in [-0.4, -0.2) is 39.4 Å². The number of nitrogens with one attached hydrogen (secondary N) is 1. The van der Waals surface area contributed by atoms with Crippen LogP contribution in [0.3, 0.4) is 0 Å². The van der Waals surface area contributed by atoms with E-state index in [9.17, 15) is 4.79 Å². The van der Waals surface area contributed by atoms with Gasteiger partial charge < -0.3 is 16.0 Å². The van der Waals surface area contributed by atoms with Crippen molar-refractivity contribution in [3.05, 3.63) is 11.2 Å². The number of piperidine rings is 1. The highest BCUT2D eigenvalue weighted by atomic mass is 35.5. The van der Waals surface area contributed by atoms with E-state index >= 15 is 0 Å². The average molecular weight is 298 g/mol. The van der Waals surface area contributed by atoms with Gasteiger partial charge in [0, 0.05) is 18.7 Å². The second kappa shape index (κ2) is 6.26. The number of nitrogen functional groups attached to an aromatic ring is 1. The second-order valence-corrected chi connectivity index (χ2v) is 5.56. The predicted molar refractivity (Wildman–Crippen MR) is 79.6 cm³/mol. The number of hydrogen-bond acceptors (Lipinski definition) is 5. The molecule has 2 atom stereocenters. The van der Waals surface area contributed by atoms with Gasteiger partial charge in [0.25, 0.3) is 0 Å². The number of rotatable bonds is 3. The minimum absolute atomic E-state index is 0.0745. The Kier molecular flexibility index (Phi) is 4.65. The van der Waals surface area contributed by atoms with Gasteiger partial charge in [-0.1, -0.05) is 11.6 Å². The lowest BCUT2D eigenvalue weighted by Gasteiger charge is -2.35. The molecule has 2 rings (SSSR count). The molecule has 1 aliphatic heterocycles. The first-order valence-corrected chi connectivity index (χ1v) is 7.22. The van der Waals surface area contributed by atoms with Crippen molar-refractivity contribution in [1.29, 1.82) is 0 Å². The molecular weight excluding hydrogens is 278 g/mol. The van der Waals surface area contributed by atoms with Gasteiger partial charge in [-0.05, 0) is 33.1 Å². The molecule has 3 N–H and O–H groups in total. The van der Waals surface area contributed by atoms with Crippen molar-refractivity contribution >= 4 is 29.3 Å². The van der Waals surface area contributed by atoms with Crippen molar-refractivity contribution in [2.45, 2.75) is 45.2 Å².